The SMILES string of the molecule is CCN(C)C(=O)CNC(=O)c1cc(F)ccc1C#CCO. The molecule has 0 spiro atoms. The lowest BCUT2D eigenvalue weighted by Gasteiger charge is -2.15. The minimum atomic E-state index is -0.588. The first-order valence-electron chi connectivity index (χ1n) is 6.41. The number of hydrogen-bond acceptors (Lipinski definition) is 3. The molecule has 0 unspecified atom stereocenters. The maximum atomic E-state index is 13.3. The van der Waals surface area contributed by atoms with E-state index in [9.17, 15) is 14.0 Å². The molecule has 1 aromatic carbocycles. The van der Waals surface area contributed by atoms with Crippen LogP contribution in [0.5, 0.6) is 0 Å². The number of aliphatic hydroxyl groups excluding tert-OH is 1. The predicted molar refractivity (Wildman–Crippen MR) is 76.0 cm³/mol. The summed E-state index contributed by atoms with van der Waals surface area (Å²) in [7, 11) is 1.62. The minimum absolute atomic E-state index is 0.0305. The van der Waals surface area contributed by atoms with E-state index in [4.69, 9.17) is 5.11 Å². The van der Waals surface area contributed by atoms with Gasteiger partial charge in [-0.05, 0) is 25.1 Å². The first kappa shape index (κ1) is 16.7. The van der Waals surface area contributed by atoms with Crippen molar-refractivity contribution in [3.63, 3.8) is 0 Å². The second-order valence-electron chi connectivity index (χ2n) is 4.24. The number of hydrogen-bond donors (Lipinski definition) is 2. The molecule has 2 amide bonds. The fourth-order valence-electron chi connectivity index (χ4n) is 1.51. The van der Waals surface area contributed by atoms with Crippen LogP contribution in [0.15, 0.2) is 18.2 Å². The van der Waals surface area contributed by atoms with Gasteiger partial charge in [-0.1, -0.05) is 11.8 Å². The number of nitrogens with zero attached hydrogens (tertiary/aromatic N) is 1. The van der Waals surface area contributed by atoms with E-state index in [1.54, 1.807) is 7.05 Å². The summed E-state index contributed by atoms with van der Waals surface area (Å²) in [6, 6.07) is 3.58. The standard InChI is InChI=1S/C15H17FN2O3/c1-3-18(2)14(20)10-17-15(21)13-9-12(16)7-6-11(13)5-4-8-19/h6-7,9,19H,3,8,10H2,1-2H3,(H,17,21). The third-order valence-electron chi connectivity index (χ3n) is 2.83. The van der Waals surface area contributed by atoms with Crippen molar-refractivity contribution in [3.8, 4) is 11.8 Å². The molecule has 5 nitrogen and oxygen atoms in total. The molecular weight excluding hydrogens is 275 g/mol. The molecule has 0 aliphatic rings. The molecule has 0 fully saturated rings. The Balaban J connectivity index is 2.86. The largest absolute Gasteiger partial charge is 0.384 e. The number of likely N-dealkylation sites (N-methyl/N-ethyl adjacent to an activating group) is 1. The Morgan fingerprint density at radius 3 is 2.76 bits per heavy atom. The van der Waals surface area contributed by atoms with Crippen molar-refractivity contribution < 1.29 is 19.1 Å². The maximum absolute atomic E-state index is 13.3. The summed E-state index contributed by atoms with van der Waals surface area (Å²) in [5, 5.41) is 11.1. The van der Waals surface area contributed by atoms with Crippen LogP contribution in [-0.4, -0.2) is 48.6 Å². The van der Waals surface area contributed by atoms with Crippen LogP contribution in [0, 0.1) is 17.7 Å². The lowest BCUT2D eigenvalue weighted by atomic mass is 10.1. The Labute approximate surface area is 122 Å². The lowest BCUT2D eigenvalue weighted by Crippen LogP contribution is -2.38. The Bertz CT molecular complexity index is 590. The Hall–Kier alpha value is -2.39. The number of aliphatic hydroxyl groups is 1. The van der Waals surface area contributed by atoms with Gasteiger partial charge in [0.2, 0.25) is 5.91 Å². The van der Waals surface area contributed by atoms with Gasteiger partial charge in [-0.25, -0.2) is 4.39 Å². The van der Waals surface area contributed by atoms with Crippen molar-refractivity contribution >= 4 is 11.8 Å². The molecule has 0 aliphatic carbocycles. The molecule has 0 aliphatic heterocycles. The second kappa shape index (κ2) is 8.02. The molecule has 0 saturated carbocycles. The van der Waals surface area contributed by atoms with E-state index in [-0.39, 0.29) is 24.6 Å². The zero-order chi connectivity index (χ0) is 15.8. The highest BCUT2D eigenvalue weighted by Gasteiger charge is 2.14. The summed E-state index contributed by atoms with van der Waals surface area (Å²) in [6.45, 7) is 1.81. The average molecular weight is 292 g/mol. The smallest absolute Gasteiger partial charge is 0.253 e. The van der Waals surface area contributed by atoms with Gasteiger partial charge in [0.15, 0.2) is 0 Å². The summed E-state index contributed by atoms with van der Waals surface area (Å²) in [5.74, 6) is 3.56. The fraction of sp³-hybridized carbons (Fsp3) is 0.333. The Morgan fingerprint density at radius 1 is 1.43 bits per heavy atom. The lowest BCUT2D eigenvalue weighted by molar-refractivity contribution is -0.128. The van der Waals surface area contributed by atoms with Crippen molar-refractivity contribution in [1.29, 1.82) is 0 Å². The predicted octanol–water partition coefficient (Wildman–Crippen LogP) is 0.378. The summed E-state index contributed by atoms with van der Waals surface area (Å²) >= 11 is 0. The van der Waals surface area contributed by atoms with Crippen LogP contribution in [0.3, 0.4) is 0 Å². The molecule has 1 rings (SSSR count). The van der Waals surface area contributed by atoms with Crippen LogP contribution in [0.25, 0.3) is 0 Å². The third kappa shape index (κ3) is 4.89. The van der Waals surface area contributed by atoms with E-state index < -0.39 is 11.7 Å². The quantitative estimate of drug-likeness (QED) is 0.788. The molecule has 0 bridgehead atoms. The molecule has 112 valence electrons. The van der Waals surface area contributed by atoms with Crippen molar-refractivity contribution in [2.75, 3.05) is 26.7 Å². The molecule has 21 heavy (non-hydrogen) atoms. The van der Waals surface area contributed by atoms with Gasteiger partial charge in [0.05, 0.1) is 12.1 Å². The van der Waals surface area contributed by atoms with Gasteiger partial charge in [-0.15, -0.1) is 0 Å². The summed E-state index contributed by atoms with van der Waals surface area (Å²) in [5.41, 5.74) is 0.321. The van der Waals surface area contributed by atoms with E-state index in [1.165, 1.54) is 17.0 Å². The molecule has 0 atom stereocenters. The van der Waals surface area contributed by atoms with Crippen LogP contribution in [0.2, 0.25) is 0 Å². The molecular formula is C15H17FN2O3. The van der Waals surface area contributed by atoms with Crippen molar-refractivity contribution in [2.24, 2.45) is 0 Å². The van der Waals surface area contributed by atoms with E-state index in [2.05, 4.69) is 17.2 Å². The first-order valence-corrected chi connectivity index (χ1v) is 6.41. The zero-order valence-electron chi connectivity index (χ0n) is 11.9. The van der Waals surface area contributed by atoms with Crippen molar-refractivity contribution in [1.82, 2.24) is 10.2 Å². The topological polar surface area (TPSA) is 69.6 Å². The van der Waals surface area contributed by atoms with Crippen LogP contribution < -0.4 is 5.32 Å². The third-order valence-corrected chi connectivity index (χ3v) is 2.83. The number of amides is 2. The fourth-order valence-corrected chi connectivity index (χ4v) is 1.51. The molecule has 0 aromatic heterocycles. The van der Waals surface area contributed by atoms with Gasteiger partial charge >= 0.3 is 0 Å². The highest BCUT2D eigenvalue weighted by atomic mass is 19.1. The molecule has 6 heteroatoms. The monoisotopic (exact) mass is 292 g/mol. The summed E-state index contributed by atoms with van der Waals surface area (Å²) in [6.07, 6.45) is 0. The zero-order valence-corrected chi connectivity index (χ0v) is 11.9. The van der Waals surface area contributed by atoms with Gasteiger partial charge in [0.1, 0.15) is 12.4 Å². The number of nitrogens with one attached hydrogen (secondary N) is 1. The Morgan fingerprint density at radius 2 is 2.14 bits per heavy atom. The molecule has 0 saturated heterocycles. The van der Waals surface area contributed by atoms with Crippen LogP contribution in [0.4, 0.5) is 4.39 Å². The van der Waals surface area contributed by atoms with Gasteiger partial charge in [-0.2, -0.15) is 0 Å². The van der Waals surface area contributed by atoms with Crippen molar-refractivity contribution in [2.45, 2.75) is 6.92 Å². The highest BCUT2D eigenvalue weighted by molar-refractivity contribution is 5.98. The summed E-state index contributed by atoms with van der Waals surface area (Å²) in [4.78, 5) is 25.1. The Kier molecular flexibility index (Phi) is 6.37. The van der Waals surface area contributed by atoms with Crippen LogP contribution >= 0.6 is 0 Å². The number of benzene rings is 1. The average Bonchev–Trinajstić information content (AvgIpc) is 2.50. The number of rotatable bonds is 4. The van der Waals surface area contributed by atoms with Gasteiger partial charge in [-0.3, -0.25) is 9.59 Å². The van der Waals surface area contributed by atoms with Gasteiger partial charge in [0, 0.05) is 19.2 Å². The normalized spacial score (nSPS) is 9.52. The molecule has 2 N–H and O–H groups in total. The molecule has 1 aromatic rings. The number of halogens is 1. The number of carbonyl (C=O) groups excluding carboxylic acids is 2. The molecule has 0 heterocycles. The number of carbonyl (C=O) groups is 2. The summed E-state index contributed by atoms with van der Waals surface area (Å²) < 4.78 is 13.3. The van der Waals surface area contributed by atoms with Crippen LogP contribution in [0.1, 0.15) is 22.8 Å². The van der Waals surface area contributed by atoms with Gasteiger partial charge in [0.25, 0.3) is 5.91 Å². The van der Waals surface area contributed by atoms with E-state index in [1.807, 2.05) is 6.92 Å². The van der Waals surface area contributed by atoms with E-state index >= 15 is 0 Å². The van der Waals surface area contributed by atoms with E-state index in [0.29, 0.717) is 12.1 Å². The minimum Gasteiger partial charge on any atom is -0.384 e. The molecule has 0 radical (unpaired) electrons. The van der Waals surface area contributed by atoms with Crippen LogP contribution in [-0.2, 0) is 4.79 Å². The van der Waals surface area contributed by atoms with E-state index in [0.717, 1.165) is 6.07 Å². The first-order chi connectivity index (χ1) is 9.99. The van der Waals surface area contributed by atoms with Crippen molar-refractivity contribution in [3.05, 3.63) is 35.1 Å². The maximum Gasteiger partial charge on any atom is 0.253 e. The second-order valence-corrected chi connectivity index (χ2v) is 4.24. The highest BCUT2D eigenvalue weighted by Crippen LogP contribution is 2.10. The van der Waals surface area contributed by atoms with Gasteiger partial charge < -0.3 is 15.3 Å².